The maximum atomic E-state index is 12.5. The number of alkyl halides is 3. The molecule has 0 aromatic carbocycles. The Labute approximate surface area is 134 Å². The molecular weight excluding hydrogens is 339 g/mol. The van der Waals surface area contributed by atoms with Gasteiger partial charge in [0, 0.05) is 0 Å². The summed E-state index contributed by atoms with van der Waals surface area (Å²) in [5.41, 5.74) is -0.893. The molecule has 2 aliphatic heterocycles. The second kappa shape index (κ2) is 7.39. The van der Waals surface area contributed by atoms with E-state index in [1.165, 1.54) is 11.8 Å². The first-order chi connectivity index (χ1) is 10.7. The molecule has 10 heteroatoms. The Morgan fingerprint density at radius 1 is 1.17 bits per heavy atom. The number of carbonyl (C=O) groups excluding carboxylic acids is 1. The van der Waals surface area contributed by atoms with E-state index in [0.29, 0.717) is 12.2 Å². The average molecular weight is 357 g/mol. The van der Waals surface area contributed by atoms with Gasteiger partial charge in [0.2, 0.25) is 0 Å². The SMILES string of the molecule is O=C(N[C@@H]1C/C=C\CCSC2OC1C(O)C(O)C2O)C(F)(F)F. The predicted octanol–water partition coefficient (Wildman–Crippen LogP) is -0.0757. The number of ether oxygens (including phenoxy) is 1. The number of amides is 1. The van der Waals surface area contributed by atoms with Gasteiger partial charge in [-0.15, -0.1) is 11.8 Å². The van der Waals surface area contributed by atoms with Crippen LogP contribution in [0, 0.1) is 0 Å². The van der Waals surface area contributed by atoms with E-state index in [-0.39, 0.29) is 6.42 Å². The van der Waals surface area contributed by atoms with E-state index < -0.39 is 48.0 Å². The summed E-state index contributed by atoms with van der Waals surface area (Å²) in [5, 5.41) is 31.6. The molecule has 5 unspecified atom stereocenters. The van der Waals surface area contributed by atoms with E-state index in [9.17, 15) is 33.3 Å². The van der Waals surface area contributed by atoms with Gasteiger partial charge in [0.15, 0.2) is 0 Å². The van der Waals surface area contributed by atoms with E-state index in [0.717, 1.165) is 0 Å². The fourth-order valence-corrected chi connectivity index (χ4v) is 3.55. The van der Waals surface area contributed by atoms with Crippen LogP contribution in [0.3, 0.4) is 0 Å². The molecule has 6 nitrogen and oxygen atoms in total. The largest absolute Gasteiger partial charge is 0.471 e. The molecule has 2 aliphatic rings. The van der Waals surface area contributed by atoms with Crippen LogP contribution in [-0.2, 0) is 9.53 Å². The zero-order valence-corrected chi connectivity index (χ0v) is 12.8. The molecule has 0 aromatic heterocycles. The maximum Gasteiger partial charge on any atom is 0.471 e. The maximum absolute atomic E-state index is 12.5. The van der Waals surface area contributed by atoms with Crippen molar-refractivity contribution in [1.82, 2.24) is 5.32 Å². The number of aliphatic hydroxyl groups is 3. The summed E-state index contributed by atoms with van der Waals surface area (Å²) in [4.78, 5) is 11.2. The van der Waals surface area contributed by atoms with Crippen LogP contribution in [0.4, 0.5) is 13.2 Å². The number of carbonyl (C=O) groups is 1. The summed E-state index contributed by atoms with van der Waals surface area (Å²) in [6.45, 7) is 0. The van der Waals surface area contributed by atoms with E-state index in [2.05, 4.69) is 0 Å². The molecule has 0 aliphatic carbocycles. The van der Waals surface area contributed by atoms with Gasteiger partial charge in [-0.25, -0.2) is 0 Å². The summed E-state index contributed by atoms with van der Waals surface area (Å²) in [5.74, 6) is -1.57. The number of nitrogens with one attached hydrogen (secondary N) is 1. The molecule has 1 saturated heterocycles. The Morgan fingerprint density at radius 2 is 1.87 bits per heavy atom. The molecule has 2 bridgehead atoms. The topological polar surface area (TPSA) is 99.0 Å². The van der Waals surface area contributed by atoms with Crippen molar-refractivity contribution in [3.8, 4) is 0 Å². The van der Waals surface area contributed by atoms with Gasteiger partial charge in [0.25, 0.3) is 0 Å². The zero-order chi connectivity index (χ0) is 17.2. The number of halogens is 3. The van der Waals surface area contributed by atoms with Crippen LogP contribution < -0.4 is 5.32 Å². The molecule has 2 rings (SSSR count). The van der Waals surface area contributed by atoms with Gasteiger partial charge >= 0.3 is 12.1 Å². The Balaban J connectivity index is 2.23. The summed E-state index contributed by atoms with van der Waals surface area (Å²) in [6, 6.07) is -1.18. The molecule has 132 valence electrons. The van der Waals surface area contributed by atoms with Crippen LogP contribution in [0.15, 0.2) is 12.2 Å². The number of hydrogen-bond donors (Lipinski definition) is 4. The van der Waals surface area contributed by atoms with E-state index in [4.69, 9.17) is 4.74 Å². The lowest BCUT2D eigenvalue weighted by Gasteiger charge is -2.43. The molecule has 0 aromatic rings. The average Bonchev–Trinajstić information content (AvgIpc) is 2.48. The summed E-state index contributed by atoms with van der Waals surface area (Å²) in [7, 11) is 0. The highest BCUT2D eigenvalue weighted by Gasteiger charge is 2.48. The molecule has 2 heterocycles. The van der Waals surface area contributed by atoms with Crippen molar-refractivity contribution in [2.75, 3.05) is 5.75 Å². The van der Waals surface area contributed by atoms with Crippen molar-refractivity contribution < 1.29 is 38.0 Å². The van der Waals surface area contributed by atoms with Gasteiger partial charge < -0.3 is 25.4 Å². The van der Waals surface area contributed by atoms with Gasteiger partial charge in [-0.05, 0) is 18.6 Å². The molecule has 1 fully saturated rings. The quantitative estimate of drug-likeness (QED) is 0.490. The fourth-order valence-electron chi connectivity index (χ4n) is 2.48. The lowest BCUT2D eigenvalue weighted by atomic mass is 9.92. The summed E-state index contributed by atoms with van der Waals surface area (Å²) < 4.78 is 42.9. The minimum atomic E-state index is -5.06. The van der Waals surface area contributed by atoms with Crippen LogP contribution in [0.2, 0.25) is 0 Å². The van der Waals surface area contributed by atoms with Gasteiger partial charge in [-0.2, -0.15) is 13.2 Å². The number of allylic oxidation sites excluding steroid dienone is 1. The number of aliphatic hydroxyl groups excluding tert-OH is 3. The fraction of sp³-hybridized carbons (Fsp3) is 0.769. The summed E-state index contributed by atoms with van der Waals surface area (Å²) >= 11 is 1.19. The normalized spacial score (nSPS) is 40.3. The van der Waals surface area contributed by atoms with Crippen molar-refractivity contribution in [2.45, 2.75) is 54.9 Å². The van der Waals surface area contributed by atoms with Crippen LogP contribution in [0.1, 0.15) is 12.8 Å². The molecule has 0 radical (unpaired) electrons. The van der Waals surface area contributed by atoms with E-state index >= 15 is 0 Å². The van der Waals surface area contributed by atoms with E-state index in [1.807, 2.05) is 0 Å². The third-order valence-corrected chi connectivity index (χ3v) is 4.89. The van der Waals surface area contributed by atoms with Crippen molar-refractivity contribution in [3.05, 3.63) is 12.2 Å². The third kappa shape index (κ3) is 4.38. The van der Waals surface area contributed by atoms with Crippen molar-refractivity contribution in [3.63, 3.8) is 0 Å². The number of fused-ring (bicyclic) bond motifs is 2. The van der Waals surface area contributed by atoms with Crippen molar-refractivity contribution in [2.24, 2.45) is 0 Å². The summed E-state index contributed by atoms with van der Waals surface area (Å²) in [6.07, 6.45) is -6.94. The second-order valence-electron chi connectivity index (χ2n) is 5.39. The molecule has 23 heavy (non-hydrogen) atoms. The Morgan fingerprint density at radius 3 is 2.52 bits per heavy atom. The molecular formula is C13H18F3NO5S. The van der Waals surface area contributed by atoms with Gasteiger partial charge in [0.05, 0.1) is 6.04 Å². The van der Waals surface area contributed by atoms with Crippen LogP contribution >= 0.6 is 11.8 Å². The first-order valence-corrected chi connectivity index (χ1v) is 8.10. The highest BCUT2D eigenvalue weighted by molar-refractivity contribution is 7.99. The second-order valence-corrected chi connectivity index (χ2v) is 6.59. The van der Waals surface area contributed by atoms with Gasteiger partial charge in [-0.1, -0.05) is 12.2 Å². The standard InChI is InChI=1S/C13H18F3NO5S/c14-13(15,16)12(21)17-6-4-2-1-3-5-23-11-9(20)7(18)8(19)10(6)22-11/h1-2,6-11,18-20H,3-5H2,(H,17,21)/b2-1-/t6-,7?,8?,9?,10?,11?/m1/s1. The minimum absolute atomic E-state index is 0.00372. The lowest BCUT2D eigenvalue weighted by molar-refractivity contribution is -0.208. The Kier molecular flexibility index (Phi) is 5.95. The molecule has 0 saturated carbocycles. The van der Waals surface area contributed by atoms with E-state index in [1.54, 1.807) is 17.5 Å². The van der Waals surface area contributed by atoms with Gasteiger partial charge in [-0.3, -0.25) is 4.79 Å². The molecule has 4 N–H and O–H groups in total. The zero-order valence-electron chi connectivity index (χ0n) is 11.9. The molecule has 6 atom stereocenters. The predicted molar refractivity (Wildman–Crippen MR) is 75.5 cm³/mol. The Hall–Kier alpha value is -0.810. The first-order valence-electron chi connectivity index (χ1n) is 7.05. The third-order valence-electron chi connectivity index (χ3n) is 3.70. The number of hydrogen-bond acceptors (Lipinski definition) is 6. The Bertz CT molecular complexity index is 461. The minimum Gasteiger partial charge on any atom is -0.388 e. The smallest absolute Gasteiger partial charge is 0.388 e. The van der Waals surface area contributed by atoms with Gasteiger partial charge in [0.1, 0.15) is 29.9 Å². The lowest BCUT2D eigenvalue weighted by Crippen LogP contribution is -2.63. The molecule has 1 amide bonds. The van der Waals surface area contributed by atoms with Crippen molar-refractivity contribution >= 4 is 17.7 Å². The monoisotopic (exact) mass is 357 g/mol. The van der Waals surface area contributed by atoms with Crippen LogP contribution in [0.5, 0.6) is 0 Å². The molecule has 0 spiro atoms. The number of rotatable bonds is 1. The number of thioether (sulfide) groups is 1. The highest BCUT2D eigenvalue weighted by atomic mass is 32.2. The van der Waals surface area contributed by atoms with Crippen LogP contribution in [-0.4, -0.2) is 69.0 Å². The highest BCUT2D eigenvalue weighted by Crippen LogP contribution is 2.32. The first kappa shape index (κ1) is 18.5. The van der Waals surface area contributed by atoms with Crippen molar-refractivity contribution in [1.29, 1.82) is 0 Å². The van der Waals surface area contributed by atoms with Crippen LogP contribution in [0.25, 0.3) is 0 Å².